The molecule has 1 aromatic rings. The lowest BCUT2D eigenvalue weighted by molar-refractivity contribution is 0.173. The van der Waals surface area contributed by atoms with Crippen molar-refractivity contribution in [2.75, 3.05) is 21.3 Å². The lowest BCUT2D eigenvalue weighted by atomic mass is 9.88. The molecule has 0 fully saturated rings. The molecule has 0 aromatic heterocycles. The van der Waals surface area contributed by atoms with E-state index in [-0.39, 0.29) is 0 Å². The molecule has 0 N–H and O–H groups in total. The van der Waals surface area contributed by atoms with Crippen molar-refractivity contribution in [1.82, 2.24) is 0 Å². The van der Waals surface area contributed by atoms with Gasteiger partial charge in [0.25, 0.3) is 0 Å². The van der Waals surface area contributed by atoms with Crippen LogP contribution in [0.2, 0.25) is 0 Å². The fourth-order valence-corrected chi connectivity index (χ4v) is 2.22. The first-order valence-corrected chi connectivity index (χ1v) is 6.72. The molecule has 1 aromatic carbocycles. The molecule has 0 aliphatic rings. The molecule has 0 bridgehead atoms. The van der Waals surface area contributed by atoms with Crippen LogP contribution in [0.5, 0.6) is 5.75 Å². The van der Waals surface area contributed by atoms with Gasteiger partial charge in [-0.2, -0.15) is 0 Å². The van der Waals surface area contributed by atoms with Crippen molar-refractivity contribution in [3.05, 3.63) is 28.8 Å². The Balaban J connectivity index is 3.27. The van der Waals surface area contributed by atoms with Crippen molar-refractivity contribution < 1.29 is 14.2 Å². The summed E-state index contributed by atoms with van der Waals surface area (Å²) in [6, 6.07) is 4.37. The second-order valence-corrected chi connectivity index (χ2v) is 5.27. The molecule has 0 heterocycles. The Bertz CT molecular complexity index is 372. The maximum absolute atomic E-state index is 5.52. The van der Waals surface area contributed by atoms with Gasteiger partial charge in [0.1, 0.15) is 5.75 Å². The summed E-state index contributed by atoms with van der Waals surface area (Å²) in [5, 5.41) is 0. The molecular weight excluding hydrogens is 240 g/mol. The standard InChI is InChI=1S/C16H26O3/c1-11(2)12(3)13-7-14(9-17-4)16(19-6)15(8-13)10-18-5/h7-8,11-12H,9-10H2,1-6H3. The second-order valence-electron chi connectivity index (χ2n) is 5.27. The Morgan fingerprint density at radius 3 is 1.68 bits per heavy atom. The Kier molecular flexibility index (Phi) is 6.32. The first-order chi connectivity index (χ1) is 9.04. The van der Waals surface area contributed by atoms with Crippen LogP contribution in [-0.2, 0) is 22.7 Å². The summed E-state index contributed by atoms with van der Waals surface area (Å²) in [6.07, 6.45) is 0. The van der Waals surface area contributed by atoms with E-state index in [1.54, 1.807) is 21.3 Å². The molecule has 0 spiro atoms. The van der Waals surface area contributed by atoms with E-state index in [0.29, 0.717) is 25.0 Å². The van der Waals surface area contributed by atoms with Crippen LogP contribution in [0, 0.1) is 5.92 Å². The first kappa shape index (κ1) is 16.0. The van der Waals surface area contributed by atoms with Gasteiger partial charge in [-0.3, -0.25) is 0 Å². The van der Waals surface area contributed by atoms with Crippen LogP contribution in [0.1, 0.15) is 43.4 Å². The predicted molar refractivity (Wildman–Crippen MR) is 77.7 cm³/mol. The van der Waals surface area contributed by atoms with Crippen molar-refractivity contribution >= 4 is 0 Å². The lowest BCUT2D eigenvalue weighted by Gasteiger charge is -2.21. The van der Waals surface area contributed by atoms with Crippen LogP contribution in [0.4, 0.5) is 0 Å². The molecular formula is C16H26O3. The van der Waals surface area contributed by atoms with Crippen LogP contribution in [0.25, 0.3) is 0 Å². The lowest BCUT2D eigenvalue weighted by Crippen LogP contribution is -2.07. The second kappa shape index (κ2) is 7.51. The quantitative estimate of drug-likeness (QED) is 0.752. The normalized spacial score (nSPS) is 12.8. The predicted octanol–water partition coefficient (Wildman–Crippen LogP) is 3.75. The third-order valence-electron chi connectivity index (χ3n) is 3.59. The maximum Gasteiger partial charge on any atom is 0.129 e. The van der Waals surface area contributed by atoms with Gasteiger partial charge >= 0.3 is 0 Å². The number of hydrogen-bond donors (Lipinski definition) is 0. The van der Waals surface area contributed by atoms with E-state index >= 15 is 0 Å². The molecule has 0 saturated carbocycles. The average molecular weight is 266 g/mol. The molecule has 19 heavy (non-hydrogen) atoms. The zero-order chi connectivity index (χ0) is 14.4. The molecule has 3 nitrogen and oxygen atoms in total. The highest BCUT2D eigenvalue weighted by atomic mass is 16.5. The molecule has 1 unspecified atom stereocenters. The highest BCUT2D eigenvalue weighted by Gasteiger charge is 2.16. The number of ether oxygens (including phenoxy) is 3. The topological polar surface area (TPSA) is 27.7 Å². The molecule has 1 rings (SSSR count). The molecule has 1 atom stereocenters. The van der Waals surface area contributed by atoms with Crippen molar-refractivity contribution in [2.24, 2.45) is 5.92 Å². The number of benzene rings is 1. The van der Waals surface area contributed by atoms with E-state index in [1.165, 1.54) is 5.56 Å². The van der Waals surface area contributed by atoms with Crippen LogP contribution < -0.4 is 4.74 Å². The average Bonchev–Trinajstić information content (AvgIpc) is 2.38. The van der Waals surface area contributed by atoms with Gasteiger partial charge in [-0.05, 0) is 29.5 Å². The van der Waals surface area contributed by atoms with E-state index in [0.717, 1.165) is 16.9 Å². The summed E-state index contributed by atoms with van der Waals surface area (Å²) in [7, 11) is 5.10. The van der Waals surface area contributed by atoms with Gasteiger partial charge in [0.05, 0.1) is 20.3 Å². The number of hydrogen-bond acceptors (Lipinski definition) is 3. The minimum absolute atomic E-state index is 0.497. The van der Waals surface area contributed by atoms with Gasteiger partial charge in [0.2, 0.25) is 0 Å². The molecule has 0 aliphatic heterocycles. The first-order valence-electron chi connectivity index (χ1n) is 6.72. The van der Waals surface area contributed by atoms with E-state index in [1.807, 2.05) is 0 Å². The maximum atomic E-state index is 5.52. The fraction of sp³-hybridized carbons (Fsp3) is 0.625. The minimum Gasteiger partial charge on any atom is -0.496 e. The molecule has 3 heteroatoms. The minimum atomic E-state index is 0.497. The highest BCUT2D eigenvalue weighted by Crippen LogP contribution is 2.32. The third-order valence-corrected chi connectivity index (χ3v) is 3.59. The molecule has 0 aliphatic carbocycles. The van der Waals surface area contributed by atoms with Gasteiger partial charge in [0.15, 0.2) is 0 Å². The van der Waals surface area contributed by atoms with Crippen LogP contribution >= 0.6 is 0 Å². The summed E-state index contributed by atoms with van der Waals surface area (Å²) in [6.45, 7) is 7.83. The van der Waals surface area contributed by atoms with Gasteiger partial charge < -0.3 is 14.2 Å². The summed E-state index contributed by atoms with van der Waals surface area (Å²) in [5.41, 5.74) is 3.49. The Hall–Kier alpha value is -1.06. The number of methoxy groups -OCH3 is 3. The van der Waals surface area contributed by atoms with Gasteiger partial charge in [-0.1, -0.05) is 20.8 Å². The number of rotatable bonds is 7. The van der Waals surface area contributed by atoms with E-state index in [9.17, 15) is 0 Å². The van der Waals surface area contributed by atoms with Crippen molar-refractivity contribution in [1.29, 1.82) is 0 Å². The summed E-state index contributed by atoms with van der Waals surface area (Å²) < 4.78 is 16.1. The monoisotopic (exact) mass is 266 g/mol. The molecule has 0 saturated heterocycles. The smallest absolute Gasteiger partial charge is 0.129 e. The zero-order valence-corrected chi connectivity index (χ0v) is 12.9. The van der Waals surface area contributed by atoms with Gasteiger partial charge in [-0.25, -0.2) is 0 Å². The van der Waals surface area contributed by atoms with E-state index in [4.69, 9.17) is 14.2 Å². The van der Waals surface area contributed by atoms with Crippen LogP contribution in [0.3, 0.4) is 0 Å². The van der Waals surface area contributed by atoms with Crippen molar-refractivity contribution in [3.63, 3.8) is 0 Å². The van der Waals surface area contributed by atoms with Gasteiger partial charge in [0, 0.05) is 25.3 Å². The SMILES string of the molecule is COCc1cc(C(C)C(C)C)cc(COC)c1OC. The van der Waals surface area contributed by atoms with Gasteiger partial charge in [-0.15, -0.1) is 0 Å². The summed E-state index contributed by atoms with van der Waals surface area (Å²) >= 11 is 0. The van der Waals surface area contributed by atoms with Crippen molar-refractivity contribution in [3.8, 4) is 5.75 Å². The van der Waals surface area contributed by atoms with E-state index < -0.39 is 0 Å². The molecule has 0 radical (unpaired) electrons. The summed E-state index contributed by atoms with van der Waals surface area (Å²) in [4.78, 5) is 0. The largest absolute Gasteiger partial charge is 0.496 e. The van der Waals surface area contributed by atoms with Crippen molar-refractivity contribution in [2.45, 2.75) is 39.9 Å². The Morgan fingerprint density at radius 1 is 0.895 bits per heavy atom. The Morgan fingerprint density at radius 2 is 1.37 bits per heavy atom. The van der Waals surface area contributed by atoms with Crippen LogP contribution in [0.15, 0.2) is 12.1 Å². The fourth-order valence-electron chi connectivity index (χ4n) is 2.22. The molecule has 108 valence electrons. The third kappa shape index (κ3) is 3.95. The van der Waals surface area contributed by atoms with E-state index in [2.05, 4.69) is 32.9 Å². The Labute approximate surface area is 116 Å². The molecule has 0 amide bonds. The zero-order valence-electron chi connectivity index (χ0n) is 12.9. The highest BCUT2D eigenvalue weighted by molar-refractivity contribution is 5.45. The van der Waals surface area contributed by atoms with Crippen LogP contribution in [-0.4, -0.2) is 21.3 Å². The summed E-state index contributed by atoms with van der Waals surface area (Å²) in [5.74, 6) is 1.97.